The van der Waals surface area contributed by atoms with Crippen molar-refractivity contribution in [1.29, 1.82) is 0 Å². The summed E-state index contributed by atoms with van der Waals surface area (Å²) in [5, 5.41) is 6.05. The van der Waals surface area contributed by atoms with Gasteiger partial charge in [0, 0.05) is 7.05 Å². The molecule has 2 aromatic heterocycles. The van der Waals surface area contributed by atoms with Crippen LogP contribution >= 0.6 is 11.3 Å². The van der Waals surface area contributed by atoms with Gasteiger partial charge in [-0.3, -0.25) is 4.79 Å². The van der Waals surface area contributed by atoms with Crippen molar-refractivity contribution in [2.75, 3.05) is 7.05 Å². The molecule has 0 saturated carbocycles. The predicted molar refractivity (Wildman–Crippen MR) is 99.0 cm³/mol. The zero-order valence-electron chi connectivity index (χ0n) is 14.4. The number of carbonyl (C=O) groups excluding carboxylic acids is 1. The smallest absolute Gasteiger partial charge is 0.387 e. The molecule has 7 heteroatoms. The molecule has 26 heavy (non-hydrogen) atoms. The minimum Gasteiger partial charge on any atom is -0.387 e. The molecule has 0 aliphatic heterocycles. The van der Waals surface area contributed by atoms with Crippen molar-refractivity contribution < 1.29 is 9.21 Å². The number of amides is 1. The second-order valence-corrected chi connectivity index (χ2v) is 7.37. The molecule has 134 valence electrons. The summed E-state index contributed by atoms with van der Waals surface area (Å²) in [7, 11) is 1.79. The summed E-state index contributed by atoms with van der Waals surface area (Å²) >= 11 is 1.43. The molecule has 6 nitrogen and oxygen atoms in total. The van der Waals surface area contributed by atoms with Crippen LogP contribution in [0.1, 0.15) is 30.0 Å². The van der Waals surface area contributed by atoms with Gasteiger partial charge in [-0.1, -0.05) is 30.3 Å². The van der Waals surface area contributed by atoms with Gasteiger partial charge in [0.15, 0.2) is 0 Å². The van der Waals surface area contributed by atoms with Gasteiger partial charge in [-0.05, 0) is 41.8 Å². The van der Waals surface area contributed by atoms with Crippen LogP contribution in [0.4, 0.5) is 0 Å². The zero-order valence-corrected chi connectivity index (χ0v) is 15.2. The Kier molecular flexibility index (Phi) is 4.46. The summed E-state index contributed by atoms with van der Waals surface area (Å²) in [6.07, 6.45) is 3.01. The van der Waals surface area contributed by atoms with Crippen molar-refractivity contribution in [2.24, 2.45) is 0 Å². The highest BCUT2D eigenvalue weighted by atomic mass is 32.1. The van der Waals surface area contributed by atoms with Crippen LogP contribution in [0, 0.1) is 0 Å². The molecule has 1 atom stereocenters. The highest BCUT2D eigenvalue weighted by Gasteiger charge is 2.27. The van der Waals surface area contributed by atoms with Crippen LogP contribution in [0.3, 0.4) is 0 Å². The van der Waals surface area contributed by atoms with E-state index in [0.29, 0.717) is 0 Å². The van der Waals surface area contributed by atoms with E-state index in [4.69, 9.17) is 4.42 Å². The molecule has 3 aromatic rings. The SMILES string of the molecule is CN(C(=O)Cn1nc(-c2cccs2)oc1=O)[C@@H]1CCCc2ccccc21. The molecule has 1 aliphatic carbocycles. The highest BCUT2D eigenvalue weighted by Crippen LogP contribution is 2.33. The van der Waals surface area contributed by atoms with E-state index in [0.717, 1.165) is 28.8 Å². The monoisotopic (exact) mass is 369 g/mol. The first-order chi connectivity index (χ1) is 12.6. The molecule has 0 spiro atoms. The van der Waals surface area contributed by atoms with Crippen molar-refractivity contribution >= 4 is 17.2 Å². The molecule has 0 bridgehead atoms. The molecule has 1 amide bonds. The number of likely N-dealkylation sites (N-methyl/N-ethyl adjacent to an activating group) is 1. The molecule has 2 heterocycles. The lowest BCUT2D eigenvalue weighted by molar-refractivity contribution is -0.133. The number of aryl methyl sites for hydroxylation is 1. The third kappa shape index (κ3) is 3.10. The first-order valence-electron chi connectivity index (χ1n) is 8.59. The van der Waals surface area contributed by atoms with E-state index >= 15 is 0 Å². The minimum atomic E-state index is -0.612. The molecule has 0 N–H and O–H groups in total. The number of hydrogen-bond donors (Lipinski definition) is 0. The fourth-order valence-electron chi connectivity index (χ4n) is 3.45. The molecule has 1 aliphatic rings. The minimum absolute atomic E-state index is 0.0341. The second-order valence-electron chi connectivity index (χ2n) is 6.42. The topological polar surface area (TPSA) is 68.3 Å². The van der Waals surface area contributed by atoms with Crippen molar-refractivity contribution in [2.45, 2.75) is 31.8 Å². The number of fused-ring (bicyclic) bond motifs is 1. The molecular formula is C19H19N3O3S. The average Bonchev–Trinajstić information content (AvgIpc) is 3.31. The molecule has 0 radical (unpaired) electrons. The lowest BCUT2D eigenvalue weighted by atomic mass is 9.87. The second kappa shape index (κ2) is 6.92. The number of carbonyl (C=O) groups is 1. The molecule has 0 saturated heterocycles. The van der Waals surface area contributed by atoms with Crippen LogP contribution in [0.5, 0.6) is 0 Å². The van der Waals surface area contributed by atoms with Crippen LogP contribution in [0.2, 0.25) is 0 Å². The lowest BCUT2D eigenvalue weighted by Gasteiger charge is -2.33. The number of thiophene rings is 1. The maximum absolute atomic E-state index is 12.8. The molecular weight excluding hydrogens is 350 g/mol. The van der Waals surface area contributed by atoms with E-state index in [1.54, 1.807) is 11.9 Å². The molecule has 1 aromatic carbocycles. The van der Waals surface area contributed by atoms with Crippen molar-refractivity contribution in [3.05, 3.63) is 63.5 Å². The maximum Gasteiger partial charge on any atom is 0.437 e. The summed E-state index contributed by atoms with van der Waals surface area (Å²) in [5.41, 5.74) is 2.49. The van der Waals surface area contributed by atoms with E-state index in [1.165, 1.54) is 22.5 Å². The Hall–Kier alpha value is -2.67. The normalized spacial score (nSPS) is 16.3. The number of benzene rings is 1. The Balaban J connectivity index is 1.53. The quantitative estimate of drug-likeness (QED) is 0.709. The van der Waals surface area contributed by atoms with E-state index in [1.807, 2.05) is 29.6 Å². The number of hydrogen-bond acceptors (Lipinski definition) is 5. The van der Waals surface area contributed by atoms with Gasteiger partial charge in [0.25, 0.3) is 5.89 Å². The van der Waals surface area contributed by atoms with Gasteiger partial charge in [-0.2, -0.15) is 4.68 Å². The van der Waals surface area contributed by atoms with Crippen LogP contribution in [0.25, 0.3) is 10.8 Å². The summed E-state index contributed by atoms with van der Waals surface area (Å²) in [6.45, 7) is -0.122. The van der Waals surface area contributed by atoms with Gasteiger partial charge in [-0.25, -0.2) is 4.79 Å². The summed E-state index contributed by atoms with van der Waals surface area (Å²) < 4.78 is 6.28. The number of nitrogens with zero attached hydrogens (tertiary/aromatic N) is 3. The third-order valence-electron chi connectivity index (χ3n) is 4.82. The van der Waals surface area contributed by atoms with E-state index in [-0.39, 0.29) is 24.4 Å². The van der Waals surface area contributed by atoms with Crippen molar-refractivity contribution in [3.63, 3.8) is 0 Å². The van der Waals surface area contributed by atoms with Crippen LogP contribution < -0.4 is 5.76 Å². The number of aromatic nitrogens is 2. The zero-order chi connectivity index (χ0) is 18.1. The average molecular weight is 369 g/mol. The highest BCUT2D eigenvalue weighted by molar-refractivity contribution is 7.13. The third-order valence-corrected chi connectivity index (χ3v) is 5.68. The Morgan fingerprint density at radius 2 is 2.19 bits per heavy atom. The van der Waals surface area contributed by atoms with Crippen molar-refractivity contribution in [3.8, 4) is 10.8 Å². The summed E-state index contributed by atoms with van der Waals surface area (Å²) in [5.74, 6) is -0.512. The molecule has 0 unspecified atom stereocenters. The Labute approximate surface area is 154 Å². The lowest BCUT2D eigenvalue weighted by Crippen LogP contribution is -2.37. The van der Waals surface area contributed by atoms with E-state index in [9.17, 15) is 9.59 Å². The van der Waals surface area contributed by atoms with Crippen molar-refractivity contribution in [1.82, 2.24) is 14.7 Å². The molecule has 0 fully saturated rings. The van der Waals surface area contributed by atoms with Crippen LogP contribution in [0.15, 0.2) is 51.0 Å². The van der Waals surface area contributed by atoms with Crippen LogP contribution in [-0.2, 0) is 17.8 Å². The Morgan fingerprint density at radius 3 is 3.00 bits per heavy atom. The molecule has 4 rings (SSSR count). The van der Waals surface area contributed by atoms with Gasteiger partial charge in [0.05, 0.1) is 10.9 Å². The largest absolute Gasteiger partial charge is 0.437 e. The van der Waals surface area contributed by atoms with Gasteiger partial charge < -0.3 is 9.32 Å². The van der Waals surface area contributed by atoms with E-state index < -0.39 is 5.76 Å². The summed E-state index contributed by atoms with van der Waals surface area (Å²) in [6, 6.07) is 12.0. The van der Waals surface area contributed by atoms with Gasteiger partial charge >= 0.3 is 5.76 Å². The standard InChI is InChI=1S/C19H19N3O3S/c1-21(15-9-4-7-13-6-2-3-8-14(13)15)17(23)12-22-19(24)25-18(20-22)16-10-5-11-26-16/h2-3,5-6,8,10-11,15H,4,7,9,12H2,1H3/t15-/m1/s1. The fourth-order valence-corrected chi connectivity index (χ4v) is 4.09. The maximum atomic E-state index is 12.8. The van der Waals surface area contributed by atoms with E-state index in [2.05, 4.69) is 17.2 Å². The number of rotatable bonds is 4. The fraction of sp³-hybridized carbons (Fsp3) is 0.316. The van der Waals surface area contributed by atoms with Gasteiger partial charge in [0.1, 0.15) is 6.54 Å². The van der Waals surface area contributed by atoms with Gasteiger partial charge in [-0.15, -0.1) is 16.4 Å². The predicted octanol–water partition coefficient (Wildman–Crippen LogP) is 3.10. The first kappa shape index (κ1) is 16.8. The van der Waals surface area contributed by atoms with Crippen LogP contribution in [-0.4, -0.2) is 27.6 Å². The van der Waals surface area contributed by atoms with Gasteiger partial charge in [0.2, 0.25) is 5.91 Å². The summed E-state index contributed by atoms with van der Waals surface area (Å²) in [4.78, 5) is 27.3. The Bertz CT molecular complexity index is 974. The first-order valence-corrected chi connectivity index (χ1v) is 9.47. The Morgan fingerprint density at radius 1 is 1.35 bits per heavy atom.